The topological polar surface area (TPSA) is 79.7 Å². The van der Waals surface area contributed by atoms with Crippen LogP contribution in [0.25, 0.3) is 16.0 Å². The van der Waals surface area contributed by atoms with E-state index in [1.54, 1.807) is 24.3 Å². The second kappa shape index (κ2) is 8.35. The van der Waals surface area contributed by atoms with E-state index in [2.05, 4.69) is 4.98 Å². The molecule has 0 bridgehead atoms. The molecule has 0 saturated carbocycles. The van der Waals surface area contributed by atoms with Gasteiger partial charge in [-0.05, 0) is 48.5 Å². The Morgan fingerprint density at radius 2 is 1.79 bits per heavy atom. The Hall–Kier alpha value is -4.11. The summed E-state index contributed by atoms with van der Waals surface area (Å²) in [5.74, 6) is -3.09. The van der Waals surface area contributed by atoms with Crippen molar-refractivity contribution in [2.75, 3.05) is 12.0 Å². The maximum atomic E-state index is 14.9. The van der Waals surface area contributed by atoms with Gasteiger partial charge >= 0.3 is 5.91 Å². The van der Waals surface area contributed by atoms with Gasteiger partial charge in [-0.3, -0.25) is 14.5 Å². The molecule has 34 heavy (non-hydrogen) atoms. The van der Waals surface area contributed by atoms with Gasteiger partial charge in [0.15, 0.2) is 5.13 Å². The van der Waals surface area contributed by atoms with Gasteiger partial charge in [-0.2, -0.15) is 0 Å². The molecule has 1 atom stereocenters. The number of benzene rings is 3. The lowest BCUT2D eigenvalue weighted by atomic mass is 9.95. The lowest BCUT2D eigenvalue weighted by Gasteiger charge is -2.23. The SMILES string of the molecule is COc1ccc2nc(N3C(=O)C(=O)C(=C(O)c4ccc(F)cc4)[C@H]3c3ccccc3F)sc2c1. The molecule has 0 aliphatic carbocycles. The molecular formula is C25H16F2N2O4S. The highest BCUT2D eigenvalue weighted by molar-refractivity contribution is 7.22. The Balaban J connectivity index is 1.73. The summed E-state index contributed by atoms with van der Waals surface area (Å²) in [6.45, 7) is 0. The number of aliphatic hydroxyl groups is 1. The van der Waals surface area contributed by atoms with E-state index in [1.165, 1.54) is 37.4 Å². The summed E-state index contributed by atoms with van der Waals surface area (Å²) >= 11 is 1.13. The number of thiazole rings is 1. The molecule has 3 aromatic carbocycles. The van der Waals surface area contributed by atoms with Gasteiger partial charge in [0.25, 0.3) is 5.78 Å². The molecule has 1 fully saturated rings. The quantitative estimate of drug-likeness (QED) is 0.248. The Morgan fingerprint density at radius 1 is 1.06 bits per heavy atom. The summed E-state index contributed by atoms with van der Waals surface area (Å²) in [4.78, 5) is 31.9. The molecule has 2 heterocycles. The maximum Gasteiger partial charge on any atom is 0.301 e. The first-order valence-corrected chi connectivity index (χ1v) is 11.0. The smallest absolute Gasteiger partial charge is 0.301 e. The van der Waals surface area contributed by atoms with Crippen LogP contribution < -0.4 is 9.64 Å². The van der Waals surface area contributed by atoms with E-state index >= 15 is 0 Å². The number of ketones is 1. The maximum absolute atomic E-state index is 14.9. The van der Waals surface area contributed by atoms with E-state index in [4.69, 9.17) is 4.74 Å². The summed E-state index contributed by atoms with van der Waals surface area (Å²) in [7, 11) is 1.52. The molecule has 1 aliphatic heterocycles. The van der Waals surface area contributed by atoms with Crippen LogP contribution in [0.3, 0.4) is 0 Å². The first-order chi connectivity index (χ1) is 16.4. The second-order valence-corrected chi connectivity index (χ2v) is 8.54. The molecule has 6 nitrogen and oxygen atoms in total. The summed E-state index contributed by atoms with van der Waals surface area (Å²) in [6.07, 6.45) is 0. The van der Waals surface area contributed by atoms with Crippen LogP contribution in [-0.4, -0.2) is 28.9 Å². The molecule has 1 aliphatic rings. The third kappa shape index (κ3) is 3.50. The molecule has 1 N–H and O–H groups in total. The minimum absolute atomic E-state index is 0.0159. The number of hydrogen-bond acceptors (Lipinski definition) is 6. The van der Waals surface area contributed by atoms with Crippen LogP contribution in [0.1, 0.15) is 17.2 Å². The predicted octanol–water partition coefficient (Wildman–Crippen LogP) is 5.21. The monoisotopic (exact) mass is 478 g/mol. The molecule has 1 aromatic heterocycles. The zero-order valence-corrected chi connectivity index (χ0v) is 18.5. The molecule has 1 saturated heterocycles. The van der Waals surface area contributed by atoms with Gasteiger partial charge in [0.05, 0.1) is 22.9 Å². The number of halogens is 2. The van der Waals surface area contributed by atoms with Gasteiger partial charge in [-0.25, -0.2) is 13.8 Å². The average Bonchev–Trinajstić information content (AvgIpc) is 3.37. The van der Waals surface area contributed by atoms with E-state index in [1.807, 2.05) is 0 Å². The Labute approximate surface area is 196 Å². The third-order valence-electron chi connectivity index (χ3n) is 5.55. The van der Waals surface area contributed by atoms with E-state index in [9.17, 15) is 23.5 Å². The summed E-state index contributed by atoms with van der Waals surface area (Å²) in [5.41, 5.74) is 0.393. The second-order valence-electron chi connectivity index (χ2n) is 7.53. The highest BCUT2D eigenvalue weighted by atomic mass is 32.1. The van der Waals surface area contributed by atoms with Crippen molar-refractivity contribution in [3.8, 4) is 5.75 Å². The molecule has 5 rings (SSSR count). The van der Waals surface area contributed by atoms with Crippen LogP contribution in [0.2, 0.25) is 0 Å². The molecule has 1 amide bonds. The Morgan fingerprint density at radius 3 is 2.50 bits per heavy atom. The molecule has 0 unspecified atom stereocenters. The average molecular weight is 478 g/mol. The zero-order chi connectivity index (χ0) is 24.0. The Kier molecular flexibility index (Phi) is 5.33. The van der Waals surface area contributed by atoms with Crippen LogP contribution in [-0.2, 0) is 9.59 Å². The highest BCUT2D eigenvalue weighted by Crippen LogP contribution is 2.45. The van der Waals surface area contributed by atoms with Gasteiger partial charge in [0.2, 0.25) is 0 Å². The van der Waals surface area contributed by atoms with E-state index in [0.717, 1.165) is 28.4 Å². The summed E-state index contributed by atoms with van der Waals surface area (Å²) in [5, 5.41) is 11.2. The number of rotatable bonds is 4. The Bertz CT molecular complexity index is 1480. The first kappa shape index (κ1) is 21.7. The van der Waals surface area contributed by atoms with Gasteiger partial charge in [0, 0.05) is 11.1 Å². The van der Waals surface area contributed by atoms with Crippen molar-refractivity contribution in [1.29, 1.82) is 0 Å². The summed E-state index contributed by atoms with van der Waals surface area (Å²) < 4.78 is 34.3. The lowest BCUT2D eigenvalue weighted by Crippen LogP contribution is -2.29. The van der Waals surface area contributed by atoms with Crippen LogP contribution in [0.4, 0.5) is 13.9 Å². The molecule has 9 heteroatoms. The fourth-order valence-corrected chi connectivity index (χ4v) is 4.93. The van der Waals surface area contributed by atoms with Gasteiger partial charge < -0.3 is 9.84 Å². The fourth-order valence-electron chi connectivity index (χ4n) is 3.91. The molecule has 0 spiro atoms. The van der Waals surface area contributed by atoms with Gasteiger partial charge in [-0.1, -0.05) is 29.5 Å². The fraction of sp³-hybridized carbons (Fsp3) is 0.0800. The normalized spacial score (nSPS) is 17.5. The van der Waals surface area contributed by atoms with E-state index in [-0.39, 0.29) is 21.8 Å². The van der Waals surface area contributed by atoms with Crippen molar-refractivity contribution < 1.29 is 28.2 Å². The highest BCUT2D eigenvalue weighted by Gasteiger charge is 2.49. The molecule has 0 radical (unpaired) electrons. The molecule has 4 aromatic rings. The lowest BCUT2D eigenvalue weighted by molar-refractivity contribution is -0.132. The number of aliphatic hydroxyl groups excluding tert-OH is 1. The van der Waals surface area contributed by atoms with Crippen molar-refractivity contribution in [1.82, 2.24) is 4.98 Å². The predicted molar refractivity (Wildman–Crippen MR) is 124 cm³/mol. The standard InChI is InChI=1S/C25H16F2N2O4S/c1-33-15-10-11-18-19(12-15)34-25(28-18)29-21(16-4-2-3-5-17(16)27)20(23(31)24(29)32)22(30)13-6-8-14(26)9-7-13/h2-12,21,30H,1H3/t21-/m1/s1. The van der Waals surface area contributed by atoms with Gasteiger partial charge in [0.1, 0.15) is 29.2 Å². The van der Waals surface area contributed by atoms with Crippen LogP contribution in [0.5, 0.6) is 5.75 Å². The van der Waals surface area contributed by atoms with Crippen LogP contribution >= 0.6 is 11.3 Å². The number of anilines is 1. The number of aromatic nitrogens is 1. The minimum Gasteiger partial charge on any atom is -0.507 e. The first-order valence-electron chi connectivity index (χ1n) is 10.1. The number of ether oxygens (including phenoxy) is 1. The minimum atomic E-state index is -1.27. The molecular weight excluding hydrogens is 462 g/mol. The summed E-state index contributed by atoms with van der Waals surface area (Å²) in [6, 6.07) is 14.4. The van der Waals surface area contributed by atoms with Crippen molar-refractivity contribution in [3.05, 3.63) is 95.1 Å². The van der Waals surface area contributed by atoms with E-state index in [0.29, 0.717) is 16.0 Å². The van der Waals surface area contributed by atoms with Gasteiger partial charge in [-0.15, -0.1) is 0 Å². The number of fused-ring (bicyclic) bond motifs is 1. The number of nitrogens with zero attached hydrogens (tertiary/aromatic N) is 2. The number of carbonyl (C=O) groups excluding carboxylic acids is 2. The van der Waals surface area contributed by atoms with Crippen molar-refractivity contribution in [2.45, 2.75) is 6.04 Å². The van der Waals surface area contributed by atoms with Crippen LogP contribution in [0.15, 0.2) is 72.3 Å². The number of Topliss-reactive ketones (excluding diaryl/α,β-unsaturated/α-hetero) is 1. The number of carbonyl (C=O) groups is 2. The largest absolute Gasteiger partial charge is 0.507 e. The van der Waals surface area contributed by atoms with Crippen LogP contribution in [0, 0.1) is 11.6 Å². The number of methoxy groups -OCH3 is 1. The van der Waals surface area contributed by atoms with Crippen molar-refractivity contribution in [3.63, 3.8) is 0 Å². The van der Waals surface area contributed by atoms with Crippen molar-refractivity contribution >= 4 is 44.1 Å². The number of amides is 1. The molecule has 170 valence electrons. The van der Waals surface area contributed by atoms with Crippen molar-refractivity contribution in [2.24, 2.45) is 0 Å². The third-order valence-corrected chi connectivity index (χ3v) is 6.57. The zero-order valence-electron chi connectivity index (χ0n) is 17.7. The van der Waals surface area contributed by atoms with E-state index < -0.39 is 35.1 Å². The number of hydrogen-bond donors (Lipinski definition) is 1.